The fourth-order valence-electron chi connectivity index (χ4n) is 4.07. The van der Waals surface area contributed by atoms with E-state index in [4.69, 9.17) is 0 Å². The maximum absolute atomic E-state index is 14.0. The highest BCUT2D eigenvalue weighted by atomic mass is 32.1. The lowest BCUT2D eigenvalue weighted by Gasteiger charge is -2.31. The molecule has 30 heavy (non-hydrogen) atoms. The zero-order chi connectivity index (χ0) is 21.3. The number of nitrogens with zero attached hydrogens (tertiary/aromatic N) is 2. The lowest BCUT2D eigenvalue weighted by molar-refractivity contribution is 0.0947. The van der Waals surface area contributed by atoms with E-state index in [2.05, 4.69) is 22.2 Å². The molecule has 4 rings (SSSR count). The van der Waals surface area contributed by atoms with E-state index in [1.165, 1.54) is 11.4 Å². The first kappa shape index (κ1) is 20.6. The van der Waals surface area contributed by atoms with Crippen molar-refractivity contribution in [3.05, 3.63) is 64.9 Å². The van der Waals surface area contributed by atoms with Crippen LogP contribution in [0.1, 0.15) is 48.2 Å². The van der Waals surface area contributed by atoms with Crippen molar-refractivity contribution in [2.45, 2.75) is 38.2 Å². The van der Waals surface area contributed by atoms with Crippen LogP contribution in [0.2, 0.25) is 0 Å². The van der Waals surface area contributed by atoms with Crippen LogP contribution < -0.4 is 5.32 Å². The number of benzene rings is 1. The number of carbonyl (C=O) groups excluding carboxylic acids is 1. The van der Waals surface area contributed by atoms with Gasteiger partial charge in [-0.1, -0.05) is 13.0 Å². The van der Waals surface area contributed by atoms with E-state index in [-0.39, 0.29) is 28.3 Å². The first-order valence-corrected chi connectivity index (χ1v) is 10.6. The number of nitrogens with one attached hydrogen (secondary N) is 1. The summed E-state index contributed by atoms with van der Waals surface area (Å²) in [6.45, 7) is 2.10. The Kier molecular flexibility index (Phi) is 5.87. The molecular weight excluding hydrogens is 408 g/mol. The predicted octanol–water partition coefficient (Wildman–Crippen LogP) is 5.00. The van der Waals surface area contributed by atoms with Crippen LogP contribution in [0.3, 0.4) is 0 Å². The van der Waals surface area contributed by atoms with Crippen molar-refractivity contribution in [3.8, 4) is 10.6 Å². The molecule has 2 N–H and O–H groups in total. The molecule has 1 aliphatic carbocycles. The van der Waals surface area contributed by atoms with Gasteiger partial charge in [-0.05, 0) is 54.9 Å². The largest absolute Gasteiger partial charge is 0.393 e. The van der Waals surface area contributed by atoms with Gasteiger partial charge < -0.3 is 10.4 Å². The van der Waals surface area contributed by atoms with E-state index in [0.29, 0.717) is 18.0 Å². The summed E-state index contributed by atoms with van der Waals surface area (Å²) in [4.78, 5) is 21.0. The molecule has 2 aromatic heterocycles. The third-order valence-corrected chi connectivity index (χ3v) is 6.23. The quantitative estimate of drug-likeness (QED) is 0.612. The van der Waals surface area contributed by atoms with E-state index in [0.717, 1.165) is 41.9 Å². The monoisotopic (exact) mass is 429 g/mol. The van der Waals surface area contributed by atoms with E-state index >= 15 is 0 Å². The summed E-state index contributed by atoms with van der Waals surface area (Å²) in [5, 5.41) is 14.5. The van der Waals surface area contributed by atoms with Crippen LogP contribution in [-0.2, 0) is 0 Å². The second-order valence-electron chi connectivity index (χ2n) is 7.71. The molecule has 3 atom stereocenters. The Morgan fingerprint density at radius 3 is 2.70 bits per heavy atom. The van der Waals surface area contributed by atoms with Crippen molar-refractivity contribution >= 4 is 22.9 Å². The Hall–Kier alpha value is -2.71. The highest BCUT2D eigenvalue weighted by molar-refractivity contribution is 7.13. The molecule has 1 fully saturated rings. The van der Waals surface area contributed by atoms with Gasteiger partial charge in [0, 0.05) is 11.6 Å². The van der Waals surface area contributed by atoms with Crippen molar-refractivity contribution < 1.29 is 18.7 Å². The van der Waals surface area contributed by atoms with Gasteiger partial charge in [-0.15, -0.1) is 11.3 Å². The number of anilines is 1. The van der Waals surface area contributed by atoms with Crippen LogP contribution in [0.15, 0.2) is 42.0 Å². The third kappa shape index (κ3) is 4.24. The minimum Gasteiger partial charge on any atom is -0.393 e. The summed E-state index contributed by atoms with van der Waals surface area (Å²) in [6.07, 6.45) is 5.19. The number of halogens is 2. The molecule has 1 saturated carbocycles. The Morgan fingerprint density at radius 2 is 1.97 bits per heavy atom. The molecule has 0 aliphatic heterocycles. The zero-order valence-electron chi connectivity index (χ0n) is 16.3. The molecule has 0 radical (unpaired) electrons. The zero-order valence-corrected chi connectivity index (χ0v) is 17.1. The van der Waals surface area contributed by atoms with Crippen LogP contribution in [0.25, 0.3) is 10.6 Å². The molecule has 1 aliphatic rings. The van der Waals surface area contributed by atoms with Gasteiger partial charge in [-0.25, -0.2) is 13.8 Å². The Labute approximate surface area is 176 Å². The van der Waals surface area contributed by atoms with E-state index in [9.17, 15) is 18.7 Å². The van der Waals surface area contributed by atoms with Gasteiger partial charge >= 0.3 is 0 Å². The van der Waals surface area contributed by atoms with Gasteiger partial charge in [-0.2, -0.15) is 0 Å². The number of hydrogen-bond donors (Lipinski definition) is 2. The number of pyridine rings is 1. The highest BCUT2D eigenvalue weighted by Gasteiger charge is 2.28. The van der Waals surface area contributed by atoms with Crippen molar-refractivity contribution in [3.63, 3.8) is 0 Å². The van der Waals surface area contributed by atoms with Gasteiger partial charge in [0.25, 0.3) is 5.91 Å². The lowest BCUT2D eigenvalue weighted by Crippen LogP contribution is -2.25. The Morgan fingerprint density at radius 1 is 1.20 bits per heavy atom. The number of hydrogen-bond acceptors (Lipinski definition) is 5. The molecular formula is C22H21F2N3O2S. The predicted molar refractivity (Wildman–Crippen MR) is 111 cm³/mol. The highest BCUT2D eigenvalue weighted by Crippen LogP contribution is 2.39. The molecule has 1 aromatic carbocycles. The summed E-state index contributed by atoms with van der Waals surface area (Å²) in [5.41, 5.74) is 1.30. The van der Waals surface area contributed by atoms with Crippen molar-refractivity contribution in [2.75, 3.05) is 5.32 Å². The number of rotatable bonds is 4. The first-order chi connectivity index (χ1) is 14.4. The summed E-state index contributed by atoms with van der Waals surface area (Å²) < 4.78 is 28.0. The number of amides is 1. The van der Waals surface area contributed by atoms with E-state index in [1.807, 2.05) is 6.07 Å². The number of aromatic nitrogens is 2. The van der Waals surface area contributed by atoms with Crippen molar-refractivity contribution in [1.82, 2.24) is 9.97 Å². The minimum absolute atomic E-state index is 0.0736. The average Bonchev–Trinajstić information content (AvgIpc) is 3.17. The van der Waals surface area contributed by atoms with Crippen LogP contribution in [0.5, 0.6) is 0 Å². The SMILES string of the molecule is C[C@@H]1C[C@H](O)C[C@H](c2ccncc2NC(=O)c2csc(-c3c(F)cccc3F)n2)C1. The van der Waals surface area contributed by atoms with Gasteiger partial charge in [0.05, 0.1) is 23.6 Å². The molecule has 2 heterocycles. The average molecular weight is 429 g/mol. The van der Waals surface area contributed by atoms with Crippen LogP contribution >= 0.6 is 11.3 Å². The minimum atomic E-state index is -0.726. The summed E-state index contributed by atoms with van der Waals surface area (Å²) in [7, 11) is 0. The fourth-order valence-corrected chi connectivity index (χ4v) is 4.92. The topological polar surface area (TPSA) is 75.1 Å². The van der Waals surface area contributed by atoms with Gasteiger partial charge in [0.15, 0.2) is 0 Å². The number of aliphatic hydroxyl groups excluding tert-OH is 1. The van der Waals surface area contributed by atoms with Crippen LogP contribution in [-0.4, -0.2) is 27.1 Å². The van der Waals surface area contributed by atoms with Crippen molar-refractivity contribution in [2.24, 2.45) is 5.92 Å². The first-order valence-electron chi connectivity index (χ1n) is 9.75. The van der Waals surface area contributed by atoms with E-state index < -0.39 is 17.5 Å². The van der Waals surface area contributed by atoms with Crippen molar-refractivity contribution in [1.29, 1.82) is 0 Å². The maximum Gasteiger partial charge on any atom is 0.275 e. The maximum atomic E-state index is 14.0. The number of carbonyl (C=O) groups is 1. The summed E-state index contributed by atoms with van der Waals surface area (Å²) in [5.74, 6) is -1.44. The molecule has 0 unspecified atom stereocenters. The molecule has 0 bridgehead atoms. The standard InChI is InChI=1S/C22H21F2N3O2S/c1-12-7-13(9-14(28)8-12)15-5-6-25-10-18(15)26-21(29)19-11-30-22(27-19)20-16(23)3-2-4-17(20)24/h2-6,10-14,28H,7-9H2,1H3,(H,26,29)/t12-,13+,14-/m0/s1. The van der Waals surface area contributed by atoms with E-state index in [1.54, 1.807) is 12.4 Å². The number of thiazole rings is 1. The molecule has 0 spiro atoms. The molecule has 1 amide bonds. The summed E-state index contributed by atoms with van der Waals surface area (Å²) >= 11 is 1.00. The molecule has 8 heteroatoms. The molecule has 3 aromatic rings. The Balaban J connectivity index is 1.57. The van der Waals surface area contributed by atoms with Crippen LogP contribution in [0.4, 0.5) is 14.5 Å². The molecule has 0 saturated heterocycles. The van der Waals surface area contributed by atoms with Crippen LogP contribution in [0, 0.1) is 17.6 Å². The number of aliphatic hydroxyl groups is 1. The molecule has 156 valence electrons. The van der Waals surface area contributed by atoms with Gasteiger partial charge in [0.1, 0.15) is 22.3 Å². The summed E-state index contributed by atoms with van der Waals surface area (Å²) in [6, 6.07) is 5.44. The third-order valence-electron chi connectivity index (χ3n) is 5.37. The second kappa shape index (κ2) is 8.57. The normalized spacial score (nSPS) is 21.4. The van der Waals surface area contributed by atoms with Gasteiger partial charge in [-0.3, -0.25) is 9.78 Å². The lowest BCUT2D eigenvalue weighted by atomic mass is 9.77. The molecule has 5 nitrogen and oxygen atoms in total. The second-order valence-corrected chi connectivity index (χ2v) is 8.57. The van der Waals surface area contributed by atoms with Gasteiger partial charge in [0.2, 0.25) is 0 Å². The fraction of sp³-hybridized carbons (Fsp3) is 0.318. The smallest absolute Gasteiger partial charge is 0.275 e. The Bertz CT molecular complexity index is 1040.